The van der Waals surface area contributed by atoms with Crippen molar-refractivity contribution < 1.29 is 0 Å². The van der Waals surface area contributed by atoms with Gasteiger partial charge in [-0.15, -0.1) is 0 Å². The van der Waals surface area contributed by atoms with E-state index in [0.29, 0.717) is 24.0 Å². The molecular formula is C21H26N8O2. The van der Waals surface area contributed by atoms with Gasteiger partial charge in [0.05, 0.1) is 6.54 Å². The zero-order valence-corrected chi connectivity index (χ0v) is 18.2. The van der Waals surface area contributed by atoms with Crippen LogP contribution in [0.4, 0.5) is 5.95 Å². The van der Waals surface area contributed by atoms with Crippen molar-refractivity contribution in [1.82, 2.24) is 28.7 Å². The molecule has 10 nitrogen and oxygen atoms in total. The van der Waals surface area contributed by atoms with Crippen molar-refractivity contribution in [2.45, 2.75) is 46.2 Å². The Kier molecular flexibility index (Phi) is 5.37. The maximum atomic E-state index is 13.5. The van der Waals surface area contributed by atoms with Gasteiger partial charge < -0.3 is 10.6 Å². The average Bonchev–Trinajstić information content (AvgIpc) is 3.09. The molecule has 1 aliphatic heterocycles. The topological polar surface area (TPSA) is 117 Å². The number of aromatic nitrogens is 6. The number of nitrogens with zero attached hydrogens (tertiary/aromatic N) is 7. The third-order valence-electron chi connectivity index (χ3n) is 5.42. The number of rotatable bonds is 3. The minimum absolute atomic E-state index is 0.0267. The number of hydrogen-bond acceptors (Lipinski definition) is 7. The summed E-state index contributed by atoms with van der Waals surface area (Å²) in [5, 5.41) is 0. The van der Waals surface area contributed by atoms with E-state index in [9.17, 15) is 9.59 Å². The highest BCUT2D eigenvalue weighted by Gasteiger charge is 2.26. The third-order valence-corrected chi connectivity index (χ3v) is 5.42. The molecule has 0 spiro atoms. The highest BCUT2D eigenvalue weighted by Crippen LogP contribution is 2.22. The van der Waals surface area contributed by atoms with E-state index in [4.69, 9.17) is 5.73 Å². The summed E-state index contributed by atoms with van der Waals surface area (Å²) in [6.07, 6.45) is 1.87. The fourth-order valence-corrected chi connectivity index (χ4v) is 4.08. The van der Waals surface area contributed by atoms with Gasteiger partial charge in [-0.2, -0.15) is 4.98 Å². The fourth-order valence-electron chi connectivity index (χ4n) is 4.08. The lowest BCUT2D eigenvalue weighted by molar-refractivity contribution is 0.499. The van der Waals surface area contributed by atoms with Gasteiger partial charge in [-0.1, -0.05) is 5.92 Å². The molecule has 0 radical (unpaired) electrons. The number of piperidine rings is 1. The summed E-state index contributed by atoms with van der Waals surface area (Å²) in [7, 11) is 1.60. The van der Waals surface area contributed by atoms with Crippen LogP contribution in [-0.2, 0) is 13.6 Å². The Labute approximate surface area is 179 Å². The second-order valence-corrected chi connectivity index (χ2v) is 7.93. The summed E-state index contributed by atoms with van der Waals surface area (Å²) in [6.45, 7) is 6.75. The quantitative estimate of drug-likeness (QED) is 0.595. The first kappa shape index (κ1) is 20.8. The van der Waals surface area contributed by atoms with Crippen LogP contribution in [0.15, 0.2) is 15.7 Å². The van der Waals surface area contributed by atoms with Crippen molar-refractivity contribution in [1.29, 1.82) is 0 Å². The van der Waals surface area contributed by atoms with Gasteiger partial charge in [0.1, 0.15) is 5.82 Å². The lowest BCUT2D eigenvalue weighted by atomic mass is 10.1. The molecule has 2 N–H and O–H groups in total. The minimum atomic E-state index is -0.476. The zero-order chi connectivity index (χ0) is 22.3. The maximum Gasteiger partial charge on any atom is 0.332 e. The van der Waals surface area contributed by atoms with Gasteiger partial charge in [0.15, 0.2) is 11.2 Å². The largest absolute Gasteiger partial charge is 0.340 e. The van der Waals surface area contributed by atoms with Gasteiger partial charge in [-0.25, -0.2) is 19.3 Å². The van der Waals surface area contributed by atoms with E-state index in [1.807, 2.05) is 24.8 Å². The van der Waals surface area contributed by atoms with Crippen molar-refractivity contribution in [3.8, 4) is 12.0 Å². The normalized spacial score (nSPS) is 16.4. The molecule has 1 fully saturated rings. The van der Waals surface area contributed by atoms with Crippen molar-refractivity contribution in [2.75, 3.05) is 18.0 Å². The number of imidazole rings is 1. The molecule has 3 aromatic heterocycles. The SMILES string of the molecule is CC#Cn1c(N2CCC[C@@H](N)C2)nc2c1c(=O)n(Cc1nc(C)cc(C)n1)c(=O)n2C. The number of aryl methyl sites for hydroxylation is 3. The summed E-state index contributed by atoms with van der Waals surface area (Å²) in [5.41, 5.74) is 7.31. The first-order valence-electron chi connectivity index (χ1n) is 10.3. The molecule has 31 heavy (non-hydrogen) atoms. The predicted molar refractivity (Wildman–Crippen MR) is 118 cm³/mol. The Morgan fingerprint density at radius 1 is 1.19 bits per heavy atom. The third kappa shape index (κ3) is 3.72. The van der Waals surface area contributed by atoms with Crippen LogP contribution in [0.2, 0.25) is 0 Å². The lowest BCUT2D eigenvalue weighted by Gasteiger charge is -2.31. The number of fused-ring (bicyclic) bond motifs is 1. The van der Waals surface area contributed by atoms with Crippen molar-refractivity contribution in [2.24, 2.45) is 12.8 Å². The Balaban J connectivity index is 1.94. The highest BCUT2D eigenvalue weighted by molar-refractivity contribution is 5.76. The molecule has 3 aromatic rings. The van der Waals surface area contributed by atoms with Crippen LogP contribution >= 0.6 is 0 Å². The van der Waals surface area contributed by atoms with Crippen LogP contribution in [-0.4, -0.2) is 47.8 Å². The van der Waals surface area contributed by atoms with Gasteiger partial charge >= 0.3 is 5.69 Å². The lowest BCUT2D eigenvalue weighted by Crippen LogP contribution is -2.43. The van der Waals surface area contributed by atoms with E-state index in [0.717, 1.165) is 35.3 Å². The Morgan fingerprint density at radius 3 is 2.55 bits per heavy atom. The van der Waals surface area contributed by atoms with Crippen molar-refractivity contribution in [3.05, 3.63) is 44.1 Å². The average molecular weight is 422 g/mol. The molecule has 0 aliphatic carbocycles. The van der Waals surface area contributed by atoms with E-state index in [-0.39, 0.29) is 18.1 Å². The van der Waals surface area contributed by atoms with E-state index < -0.39 is 11.2 Å². The van der Waals surface area contributed by atoms with Crippen LogP contribution in [0.25, 0.3) is 11.2 Å². The monoisotopic (exact) mass is 422 g/mol. The fraction of sp³-hybridized carbons (Fsp3) is 0.476. The highest BCUT2D eigenvalue weighted by atomic mass is 16.2. The van der Waals surface area contributed by atoms with E-state index >= 15 is 0 Å². The first-order valence-corrected chi connectivity index (χ1v) is 10.3. The zero-order valence-electron chi connectivity index (χ0n) is 18.2. The molecule has 1 atom stereocenters. The van der Waals surface area contributed by atoms with Gasteiger partial charge in [-0.3, -0.25) is 13.9 Å². The molecule has 1 aliphatic rings. The van der Waals surface area contributed by atoms with Crippen LogP contribution in [0.3, 0.4) is 0 Å². The predicted octanol–water partition coefficient (Wildman–Crippen LogP) is 0.108. The molecule has 0 bridgehead atoms. The molecule has 162 valence electrons. The Morgan fingerprint density at radius 2 is 1.90 bits per heavy atom. The molecule has 0 amide bonds. The standard InChI is InChI=1S/C21H26N8O2/c1-5-8-28-17-18(25-20(28)27-9-6-7-15(22)11-27)26(4)21(31)29(19(17)30)12-16-23-13(2)10-14(3)24-16/h10,15H,6-7,9,11-12,22H2,1-4H3/t15-/m1/s1. The second-order valence-electron chi connectivity index (χ2n) is 7.93. The molecule has 1 saturated heterocycles. The van der Waals surface area contributed by atoms with Crippen LogP contribution < -0.4 is 21.9 Å². The maximum absolute atomic E-state index is 13.5. The van der Waals surface area contributed by atoms with Crippen LogP contribution in [0.5, 0.6) is 0 Å². The van der Waals surface area contributed by atoms with Crippen LogP contribution in [0, 0.1) is 25.8 Å². The number of anilines is 1. The van der Waals surface area contributed by atoms with Gasteiger partial charge in [-0.05, 0) is 39.7 Å². The summed E-state index contributed by atoms with van der Waals surface area (Å²) in [5.74, 6) is 3.80. The summed E-state index contributed by atoms with van der Waals surface area (Å²) >= 11 is 0. The molecule has 4 rings (SSSR count). The molecule has 0 saturated carbocycles. The number of nitrogens with two attached hydrogens (primary N) is 1. The van der Waals surface area contributed by atoms with Gasteiger partial charge in [0, 0.05) is 43.6 Å². The molecule has 4 heterocycles. The second kappa shape index (κ2) is 8.00. The summed E-state index contributed by atoms with van der Waals surface area (Å²) in [6, 6.07) is 4.84. The van der Waals surface area contributed by atoms with E-state index in [1.54, 1.807) is 18.5 Å². The van der Waals surface area contributed by atoms with Gasteiger partial charge in [0.2, 0.25) is 5.95 Å². The molecule has 0 aromatic carbocycles. The van der Waals surface area contributed by atoms with Crippen molar-refractivity contribution in [3.63, 3.8) is 0 Å². The van der Waals surface area contributed by atoms with E-state index in [2.05, 4.69) is 26.9 Å². The number of hydrogen-bond donors (Lipinski definition) is 1. The Hall–Kier alpha value is -3.45. The first-order chi connectivity index (χ1) is 14.8. The van der Waals surface area contributed by atoms with Crippen LogP contribution in [0.1, 0.15) is 37.0 Å². The molecule has 0 unspecified atom stereocenters. The smallest absolute Gasteiger partial charge is 0.332 e. The summed E-state index contributed by atoms with van der Waals surface area (Å²) < 4.78 is 4.09. The minimum Gasteiger partial charge on any atom is -0.340 e. The van der Waals surface area contributed by atoms with E-state index in [1.165, 1.54) is 4.57 Å². The summed E-state index contributed by atoms with van der Waals surface area (Å²) in [4.78, 5) is 41.9. The van der Waals surface area contributed by atoms with Crippen molar-refractivity contribution >= 4 is 17.1 Å². The molecule has 10 heteroatoms. The van der Waals surface area contributed by atoms with Gasteiger partial charge in [0.25, 0.3) is 5.56 Å². The Bertz CT molecular complexity index is 1320. The molecular weight excluding hydrogens is 396 g/mol.